The summed E-state index contributed by atoms with van der Waals surface area (Å²) in [7, 11) is 1.69. The maximum absolute atomic E-state index is 12.5. The summed E-state index contributed by atoms with van der Waals surface area (Å²) in [6.07, 6.45) is 6.26. The van der Waals surface area contributed by atoms with Gasteiger partial charge in [0, 0.05) is 43.9 Å². The number of rotatable bonds is 6. The van der Waals surface area contributed by atoms with E-state index in [4.69, 9.17) is 4.74 Å². The Morgan fingerprint density at radius 3 is 2.72 bits per heavy atom. The lowest BCUT2D eigenvalue weighted by atomic mass is 9.90. The van der Waals surface area contributed by atoms with Crippen LogP contribution in [0, 0.1) is 0 Å². The van der Waals surface area contributed by atoms with Gasteiger partial charge in [-0.25, -0.2) is 0 Å². The number of nitrogens with one attached hydrogen (secondary N) is 1. The summed E-state index contributed by atoms with van der Waals surface area (Å²) in [6.45, 7) is 3.89. The van der Waals surface area contributed by atoms with Crippen molar-refractivity contribution in [3.63, 3.8) is 0 Å². The number of methoxy groups -OCH3 is 1. The van der Waals surface area contributed by atoms with Gasteiger partial charge in [-0.05, 0) is 25.0 Å². The third-order valence-corrected chi connectivity index (χ3v) is 6.80. The zero-order valence-corrected chi connectivity index (χ0v) is 17.8. The van der Waals surface area contributed by atoms with Crippen LogP contribution in [0.3, 0.4) is 0 Å². The molecule has 156 valence electrons. The van der Waals surface area contributed by atoms with E-state index < -0.39 is 0 Å². The molecule has 0 radical (unpaired) electrons. The first-order valence-corrected chi connectivity index (χ1v) is 11.3. The van der Waals surface area contributed by atoms with Gasteiger partial charge in [0.1, 0.15) is 10.8 Å². The van der Waals surface area contributed by atoms with E-state index in [0.29, 0.717) is 17.6 Å². The lowest BCUT2D eigenvalue weighted by Gasteiger charge is -2.35. The quantitative estimate of drug-likeness (QED) is 0.780. The monoisotopic (exact) mass is 415 g/mol. The Balaban J connectivity index is 1.24. The number of benzene rings is 1. The molecular weight excluding hydrogens is 386 g/mol. The van der Waals surface area contributed by atoms with E-state index in [1.807, 2.05) is 12.1 Å². The minimum atomic E-state index is -0.00817. The normalized spacial score (nSPS) is 18.6. The van der Waals surface area contributed by atoms with Gasteiger partial charge in [-0.1, -0.05) is 36.7 Å². The average Bonchev–Trinajstić information content (AvgIpc) is 3.23. The molecule has 1 N–H and O–H groups in total. The van der Waals surface area contributed by atoms with Gasteiger partial charge in [0.2, 0.25) is 11.0 Å². The fourth-order valence-electron chi connectivity index (χ4n) is 4.13. The molecule has 29 heavy (non-hydrogen) atoms. The molecular formula is C21H29N5O2S. The van der Waals surface area contributed by atoms with Crippen molar-refractivity contribution in [2.24, 2.45) is 0 Å². The highest BCUT2D eigenvalue weighted by molar-refractivity contribution is 7.15. The van der Waals surface area contributed by atoms with E-state index in [1.54, 1.807) is 7.11 Å². The predicted molar refractivity (Wildman–Crippen MR) is 116 cm³/mol. The molecule has 2 aliphatic rings. The van der Waals surface area contributed by atoms with Gasteiger partial charge in [-0.3, -0.25) is 15.0 Å². The maximum atomic E-state index is 12.5. The van der Waals surface area contributed by atoms with E-state index in [9.17, 15) is 4.79 Å². The number of carbonyl (C=O) groups excluding carboxylic acids is 1. The highest BCUT2D eigenvalue weighted by Crippen LogP contribution is 2.35. The number of carbonyl (C=O) groups is 1. The van der Waals surface area contributed by atoms with Gasteiger partial charge in [-0.15, -0.1) is 10.2 Å². The van der Waals surface area contributed by atoms with Crippen molar-refractivity contribution in [3.05, 3.63) is 29.3 Å². The number of piperazine rings is 1. The van der Waals surface area contributed by atoms with Gasteiger partial charge >= 0.3 is 0 Å². The van der Waals surface area contributed by atoms with Crippen LogP contribution in [0.2, 0.25) is 0 Å². The SMILES string of the molecule is COc1cccc(N2CCN(CC(=O)Nc3nnc(C4CCCCC4)s3)CC2)c1. The Morgan fingerprint density at radius 2 is 1.97 bits per heavy atom. The van der Waals surface area contributed by atoms with E-state index in [0.717, 1.165) is 42.6 Å². The summed E-state index contributed by atoms with van der Waals surface area (Å²) in [5, 5.41) is 13.2. The van der Waals surface area contributed by atoms with Crippen LogP contribution < -0.4 is 15.0 Å². The summed E-state index contributed by atoms with van der Waals surface area (Å²) >= 11 is 1.54. The molecule has 2 fully saturated rings. The van der Waals surface area contributed by atoms with E-state index in [1.165, 1.54) is 43.4 Å². The molecule has 0 bridgehead atoms. The minimum absolute atomic E-state index is 0.00817. The molecule has 0 spiro atoms. The Morgan fingerprint density at radius 1 is 1.17 bits per heavy atom. The highest BCUT2D eigenvalue weighted by atomic mass is 32.1. The largest absolute Gasteiger partial charge is 0.497 e. The predicted octanol–water partition coefficient (Wildman–Crippen LogP) is 3.36. The van der Waals surface area contributed by atoms with Crippen LogP contribution in [0.5, 0.6) is 5.75 Å². The highest BCUT2D eigenvalue weighted by Gasteiger charge is 2.22. The van der Waals surface area contributed by atoms with Crippen LogP contribution in [-0.2, 0) is 4.79 Å². The second-order valence-corrected chi connectivity index (χ2v) is 8.80. The molecule has 2 heterocycles. The fraction of sp³-hybridized carbons (Fsp3) is 0.571. The molecule has 1 saturated heterocycles. The van der Waals surface area contributed by atoms with Crippen LogP contribution in [0.1, 0.15) is 43.0 Å². The second kappa shape index (κ2) is 9.54. The lowest BCUT2D eigenvalue weighted by molar-refractivity contribution is -0.117. The number of hydrogen-bond donors (Lipinski definition) is 1. The van der Waals surface area contributed by atoms with Crippen molar-refractivity contribution in [1.82, 2.24) is 15.1 Å². The number of hydrogen-bond acceptors (Lipinski definition) is 7. The third kappa shape index (κ3) is 5.25. The lowest BCUT2D eigenvalue weighted by Crippen LogP contribution is -2.48. The Hall–Kier alpha value is -2.19. The van der Waals surface area contributed by atoms with Crippen molar-refractivity contribution < 1.29 is 9.53 Å². The average molecular weight is 416 g/mol. The van der Waals surface area contributed by atoms with Crippen LogP contribution in [0.15, 0.2) is 24.3 Å². The second-order valence-electron chi connectivity index (χ2n) is 7.79. The van der Waals surface area contributed by atoms with Gasteiger partial charge in [0.15, 0.2) is 0 Å². The van der Waals surface area contributed by atoms with Crippen LogP contribution in [0.25, 0.3) is 0 Å². The van der Waals surface area contributed by atoms with E-state index in [2.05, 4.69) is 37.4 Å². The van der Waals surface area contributed by atoms with Crippen molar-refractivity contribution in [1.29, 1.82) is 0 Å². The molecule has 0 atom stereocenters. The first-order chi connectivity index (χ1) is 14.2. The molecule has 1 saturated carbocycles. The van der Waals surface area contributed by atoms with Crippen LogP contribution in [-0.4, -0.2) is 60.8 Å². The van der Waals surface area contributed by atoms with Crippen molar-refractivity contribution in [2.75, 3.05) is 50.1 Å². The van der Waals surface area contributed by atoms with Crippen LogP contribution in [0.4, 0.5) is 10.8 Å². The smallest absolute Gasteiger partial charge is 0.240 e. The molecule has 7 nitrogen and oxygen atoms in total. The summed E-state index contributed by atoms with van der Waals surface area (Å²) in [5.41, 5.74) is 1.16. The molecule has 1 aromatic carbocycles. The maximum Gasteiger partial charge on any atom is 0.240 e. The van der Waals surface area contributed by atoms with Crippen molar-refractivity contribution in [3.8, 4) is 5.75 Å². The summed E-state index contributed by atoms with van der Waals surface area (Å²) in [6, 6.07) is 8.13. The summed E-state index contributed by atoms with van der Waals surface area (Å²) in [4.78, 5) is 17.0. The molecule has 1 amide bonds. The van der Waals surface area contributed by atoms with Gasteiger partial charge in [0.25, 0.3) is 0 Å². The zero-order chi connectivity index (χ0) is 20.1. The first kappa shape index (κ1) is 20.1. The Kier molecular flexibility index (Phi) is 6.61. The first-order valence-electron chi connectivity index (χ1n) is 10.5. The van der Waals surface area contributed by atoms with Gasteiger partial charge in [0.05, 0.1) is 13.7 Å². The Labute approximate surface area is 176 Å². The number of aromatic nitrogens is 2. The van der Waals surface area contributed by atoms with Gasteiger partial charge < -0.3 is 9.64 Å². The number of ether oxygens (including phenoxy) is 1. The molecule has 1 aromatic heterocycles. The molecule has 2 aromatic rings. The summed E-state index contributed by atoms with van der Waals surface area (Å²) in [5.74, 6) is 1.39. The zero-order valence-electron chi connectivity index (χ0n) is 17.0. The molecule has 1 aliphatic carbocycles. The standard InChI is InChI=1S/C21H29N5O2S/c1-28-18-9-5-8-17(14-18)26-12-10-25(11-13-26)15-19(27)22-21-24-23-20(29-21)16-6-3-2-4-7-16/h5,8-9,14,16H,2-4,6-7,10-13,15H2,1H3,(H,22,24,27). The number of anilines is 2. The topological polar surface area (TPSA) is 70.6 Å². The molecule has 1 aliphatic heterocycles. The molecule has 4 rings (SSSR count). The van der Waals surface area contributed by atoms with E-state index >= 15 is 0 Å². The molecule has 8 heteroatoms. The minimum Gasteiger partial charge on any atom is -0.497 e. The number of nitrogens with zero attached hydrogens (tertiary/aromatic N) is 4. The van der Waals surface area contributed by atoms with Crippen molar-refractivity contribution in [2.45, 2.75) is 38.0 Å². The fourth-order valence-corrected chi connectivity index (χ4v) is 5.06. The number of amides is 1. The van der Waals surface area contributed by atoms with E-state index in [-0.39, 0.29) is 5.91 Å². The van der Waals surface area contributed by atoms with Crippen molar-refractivity contribution >= 4 is 28.1 Å². The third-order valence-electron chi connectivity index (χ3n) is 5.80. The van der Waals surface area contributed by atoms with Gasteiger partial charge in [-0.2, -0.15) is 0 Å². The Bertz CT molecular complexity index is 813. The summed E-state index contributed by atoms with van der Waals surface area (Å²) < 4.78 is 5.32. The molecule has 0 unspecified atom stereocenters. The van der Waals surface area contributed by atoms with Crippen LogP contribution >= 0.6 is 11.3 Å².